The Labute approximate surface area is 139 Å². The van der Waals surface area contributed by atoms with Gasteiger partial charge in [0.1, 0.15) is 0 Å². The van der Waals surface area contributed by atoms with Crippen molar-refractivity contribution >= 4 is 11.0 Å². The fraction of sp³-hybridized carbons (Fsp3) is 0.158. The molecule has 0 saturated carbocycles. The van der Waals surface area contributed by atoms with Crippen molar-refractivity contribution in [2.75, 3.05) is 0 Å². The van der Waals surface area contributed by atoms with Gasteiger partial charge >= 0.3 is 5.69 Å². The first-order chi connectivity index (χ1) is 11.6. The Balaban J connectivity index is 1.92. The predicted octanol–water partition coefficient (Wildman–Crippen LogP) is 3.04. The van der Waals surface area contributed by atoms with E-state index in [1.165, 1.54) is 5.56 Å². The maximum atomic E-state index is 12.1. The molecule has 0 amide bonds. The minimum Gasteiger partial charge on any atom is -0.299 e. The fourth-order valence-corrected chi connectivity index (χ4v) is 3.16. The van der Waals surface area contributed by atoms with Crippen molar-refractivity contribution < 1.29 is 0 Å². The van der Waals surface area contributed by atoms with Gasteiger partial charge in [0.25, 0.3) is 0 Å². The molecule has 4 aromatic rings. The zero-order valence-electron chi connectivity index (χ0n) is 13.9. The van der Waals surface area contributed by atoms with Crippen LogP contribution in [0.4, 0.5) is 0 Å². The summed E-state index contributed by atoms with van der Waals surface area (Å²) in [6, 6.07) is 14.4. The number of benzene rings is 2. The van der Waals surface area contributed by atoms with Crippen molar-refractivity contribution in [1.82, 2.24) is 18.7 Å². The standard InChI is InChI=1S/C19H18N4O/c1-13-5-4-6-15(9-13)23-12-20-11-18(23)14-7-8-16-17(10-14)22(3)19(24)21(16)2/h4-12H,1-3H3. The topological polar surface area (TPSA) is 44.8 Å². The van der Waals surface area contributed by atoms with Crippen LogP contribution in [0.1, 0.15) is 5.56 Å². The third-order valence-corrected chi connectivity index (χ3v) is 4.49. The number of aromatic nitrogens is 4. The summed E-state index contributed by atoms with van der Waals surface area (Å²) in [4.78, 5) is 16.4. The van der Waals surface area contributed by atoms with Gasteiger partial charge in [-0.2, -0.15) is 0 Å². The van der Waals surface area contributed by atoms with Gasteiger partial charge in [0.15, 0.2) is 0 Å². The molecule has 2 heterocycles. The summed E-state index contributed by atoms with van der Waals surface area (Å²) in [5.41, 5.74) is 6.12. The van der Waals surface area contributed by atoms with E-state index in [0.29, 0.717) is 0 Å². The van der Waals surface area contributed by atoms with Crippen LogP contribution in [0.3, 0.4) is 0 Å². The van der Waals surface area contributed by atoms with Crippen LogP contribution >= 0.6 is 0 Å². The number of hydrogen-bond acceptors (Lipinski definition) is 2. The largest absolute Gasteiger partial charge is 0.328 e. The molecule has 0 saturated heterocycles. The first kappa shape index (κ1) is 14.5. The van der Waals surface area contributed by atoms with Gasteiger partial charge in [0.2, 0.25) is 0 Å². The minimum atomic E-state index is -0.0191. The molecule has 120 valence electrons. The van der Waals surface area contributed by atoms with Gasteiger partial charge in [-0.25, -0.2) is 9.78 Å². The number of imidazole rings is 2. The van der Waals surface area contributed by atoms with Crippen molar-refractivity contribution in [2.24, 2.45) is 14.1 Å². The fourth-order valence-electron chi connectivity index (χ4n) is 3.16. The molecule has 2 aromatic heterocycles. The van der Waals surface area contributed by atoms with Gasteiger partial charge in [0, 0.05) is 25.3 Å². The Hall–Kier alpha value is -3.08. The highest BCUT2D eigenvalue weighted by molar-refractivity contribution is 5.82. The molecule has 0 aliphatic rings. The third kappa shape index (κ3) is 2.09. The Morgan fingerprint density at radius 1 is 0.958 bits per heavy atom. The van der Waals surface area contributed by atoms with Crippen molar-refractivity contribution in [3.05, 3.63) is 71.0 Å². The lowest BCUT2D eigenvalue weighted by Gasteiger charge is -2.09. The number of hydrogen-bond donors (Lipinski definition) is 0. The molecule has 24 heavy (non-hydrogen) atoms. The van der Waals surface area contributed by atoms with E-state index in [1.807, 2.05) is 36.8 Å². The van der Waals surface area contributed by atoms with E-state index in [9.17, 15) is 4.79 Å². The zero-order valence-corrected chi connectivity index (χ0v) is 13.9. The van der Waals surface area contributed by atoms with E-state index in [0.717, 1.165) is 28.0 Å². The van der Waals surface area contributed by atoms with Crippen LogP contribution in [0, 0.1) is 6.92 Å². The van der Waals surface area contributed by atoms with E-state index < -0.39 is 0 Å². The number of nitrogens with zero attached hydrogens (tertiary/aromatic N) is 4. The molecule has 0 bridgehead atoms. The van der Waals surface area contributed by atoms with Crippen molar-refractivity contribution in [3.8, 4) is 16.9 Å². The lowest BCUT2D eigenvalue weighted by atomic mass is 10.1. The lowest BCUT2D eigenvalue weighted by Crippen LogP contribution is -2.19. The highest BCUT2D eigenvalue weighted by atomic mass is 16.1. The molecule has 0 aliphatic heterocycles. The molecule has 0 unspecified atom stereocenters. The smallest absolute Gasteiger partial charge is 0.299 e. The Kier molecular flexibility index (Phi) is 3.16. The Morgan fingerprint density at radius 3 is 2.54 bits per heavy atom. The van der Waals surface area contributed by atoms with Crippen molar-refractivity contribution in [1.29, 1.82) is 0 Å². The average molecular weight is 318 g/mol. The van der Waals surface area contributed by atoms with Crippen LogP contribution in [-0.4, -0.2) is 18.7 Å². The van der Waals surface area contributed by atoms with Crippen molar-refractivity contribution in [2.45, 2.75) is 6.92 Å². The van der Waals surface area contributed by atoms with Crippen LogP contribution in [0.15, 0.2) is 59.8 Å². The SMILES string of the molecule is Cc1cccc(-n2cncc2-c2ccc3c(c2)n(C)c(=O)n3C)c1. The van der Waals surface area contributed by atoms with Gasteiger partial charge in [0.05, 0.1) is 29.3 Å². The normalized spacial score (nSPS) is 11.3. The van der Waals surface area contributed by atoms with Gasteiger partial charge < -0.3 is 0 Å². The molecular formula is C19H18N4O. The molecule has 0 radical (unpaired) electrons. The van der Waals surface area contributed by atoms with E-state index in [-0.39, 0.29) is 5.69 Å². The first-order valence-electron chi connectivity index (χ1n) is 7.81. The van der Waals surface area contributed by atoms with Crippen LogP contribution < -0.4 is 5.69 Å². The van der Waals surface area contributed by atoms with Crippen molar-refractivity contribution in [3.63, 3.8) is 0 Å². The molecule has 0 N–H and O–H groups in total. The second-order valence-electron chi connectivity index (χ2n) is 6.09. The van der Waals surface area contributed by atoms with Crippen LogP contribution in [-0.2, 0) is 14.1 Å². The van der Waals surface area contributed by atoms with E-state index in [2.05, 4.69) is 34.7 Å². The molecule has 0 atom stereocenters. The van der Waals surface area contributed by atoms with Crippen LogP contribution in [0.5, 0.6) is 0 Å². The second-order valence-corrected chi connectivity index (χ2v) is 6.09. The molecule has 5 nitrogen and oxygen atoms in total. The molecule has 0 fully saturated rings. The second kappa shape index (κ2) is 5.23. The zero-order chi connectivity index (χ0) is 16.8. The third-order valence-electron chi connectivity index (χ3n) is 4.49. The highest BCUT2D eigenvalue weighted by Gasteiger charge is 2.12. The maximum Gasteiger partial charge on any atom is 0.328 e. The molecule has 5 heteroatoms. The minimum absolute atomic E-state index is 0.0191. The average Bonchev–Trinajstić information content (AvgIpc) is 3.15. The Bertz CT molecular complexity index is 1110. The maximum absolute atomic E-state index is 12.1. The van der Waals surface area contributed by atoms with Gasteiger partial charge in [-0.15, -0.1) is 0 Å². The summed E-state index contributed by atoms with van der Waals surface area (Å²) < 4.78 is 5.40. The number of aryl methyl sites for hydroxylation is 3. The summed E-state index contributed by atoms with van der Waals surface area (Å²) in [6.45, 7) is 2.08. The number of rotatable bonds is 2. The summed E-state index contributed by atoms with van der Waals surface area (Å²) in [5.74, 6) is 0. The van der Waals surface area contributed by atoms with Gasteiger partial charge in [-0.05, 0) is 36.8 Å². The number of fused-ring (bicyclic) bond motifs is 1. The lowest BCUT2D eigenvalue weighted by molar-refractivity contribution is 0.795. The predicted molar refractivity (Wildman–Crippen MR) is 95.5 cm³/mol. The molecule has 2 aromatic carbocycles. The summed E-state index contributed by atoms with van der Waals surface area (Å²) in [7, 11) is 3.59. The van der Waals surface area contributed by atoms with Crippen LogP contribution in [0.25, 0.3) is 28.0 Å². The van der Waals surface area contributed by atoms with Crippen LogP contribution in [0.2, 0.25) is 0 Å². The molecular weight excluding hydrogens is 300 g/mol. The van der Waals surface area contributed by atoms with E-state index in [1.54, 1.807) is 23.2 Å². The van der Waals surface area contributed by atoms with E-state index >= 15 is 0 Å². The summed E-state index contributed by atoms with van der Waals surface area (Å²) >= 11 is 0. The Morgan fingerprint density at radius 2 is 1.75 bits per heavy atom. The molecule has 0 aliphatic carbocycles. The quantitative estimate of drug-likeness (QED) is 0.570. The monoisotopic (exact) mass is 318 g/mol. The highest BCUT2D eigenvalue weighted by Crippen LogP contribution is 2.26. The molecule has 4 rings (SSSR count). The molecule has 0 spiro atoms. The summed E-state index contributed by atoms with van der Waals surface area (Å²) in [5, 5.41) is 0. The first-order valence-corrected chi connectivity index (χ1v) is 7.81. The van der Waals surface area contributed by atoms with Gasteiger partial charge in [-0.1, -0.05) is 18.2 Å². The van der Waals surface area contributed by atoms with E-state index in [4.69, 9.17) is 0 Å². The van der Waals surface area contributed by atoms with Gasteiger partial charge in [-0.3, -0.25) is 13.7 Å². The summed E-state index contributed by atoms with van der Waals surface area (Å²) in [6.07, 6.45) is 3.67.